The van der Waals surface area contributed by atoms with Gasteiger partial charge in [-0.2, -0.15) is 0 Å². The molecule has 0 aromatic heterocycles. The van der Waals surface area contributed by atoms with Gasteiger partial charge in [0, 0.05) is 13.1 Å². The summed E-state index contributed by atoms with van der Waals surface area (Å²) in [7, 11) is 5.55. The van der Waals surface area contributed by atoms with Crippen LogP contribution < -0.4 is 0 Å². The molecule has 0 amide bonds. The predicted molar refractivity (Wildman–Crippen MR) is 86.3 cm³/mol. The molecule has 7 heteroatoms. The number of rotatable bonds is 12. The van der Waals surface area contributed by atoms with Crippen molar-refractivity contribution in [2.24, 2.45) is 5.92 Å². The number of hydrogen-bond donors (Lipinski definition) is 1. The predicted octanol–water partition coefficient (Wildman–Crippen LogP) is 3.00. The lowest BCUT2D eigenvalue weighted by atomic mass is 9.96. The summed E-state index contributed by atoms with van der Waals surface area (Å²) in [5.74, 6) is 0.575. The fraction of sp³-hybridized carbons (Fsp3) is 1.00. The van der Waals surface area contributed by atoms with Crippen molar-refractivity contribution in [1.29, 1.82) is 0 Å². The molecule has 0 aliphatic carbocycles. The maximum absolute atomic E-state index is 9.66. The van der Waals surface area contributed by atoms with Gasteiger partial charge in [0.1, 0.15) is 7.85 Å². The van der Waals surface area contributed by atoms with E-state index in [9.17, 15) is 4.89 Å². The van der Waals surface area contributed by atoms with Gasteiger partial charge in [-0.25, -0.2) is 0 Å². The van der Waals surface area contributed by atoms with E-state index in [1.807, 2.05) is 20.8 Å². The summed E-state index contributed by atoms with van der Waals surface area (Å²) < 4.78 is 21.3. The summed E-state index contributed by atoms with van der Waals surface area (Å²) in [5, 5.41) is 0. The summed E-state index contributed by atoms with van der Waals surface area (Å²) in [6, 6.07) is -0.391. The van der Waals surface area contributed by atoms with E-state index in [4.69, 9.17) is 26.4 Å². The van der Waals surface area contributed by atoms with E-state index >= 15 is 0 Å². The molecule has 0 spiro atoms. The van der Waals surface area contributed by atoms with Crippen LogP contribution in [0.2, 0.25) is 0 Å². The second-order valence-electron chi connectivity index (χ2n) is 5.73. The minimum atomic E-state index is -1.91. The maximum atomic E-state index is 9.66. The van der Waals surface area contributed by atoms with Gasteiger partial charge in [-0.05, 0) is 39.5 Å². The fourth-order valence-electron chi connectivity index (χ4n) is 1.78. The Morgan fingerprint density at radius 3 is 2.24 bits per heavy atom. The van der Waals surface area contributed by atoms with Gasteiger partial charge in [0.25, 0.3) is 0 Å². The van der Waals surface area contributed by atoms with Crippen LogP contribution in [0.25, 0.3) is 0 Å². The molecular weight excluding hydrogens is 290 g/mol. The third kappa shape index (κ3) is 11.5. The molecule has 0 rings (SSSR count). The van der Waals surface area contributed by atoms with E-state index in [-0.39, 0.29) is 18.3 Å². The van der Waals surface area contributed by atoms with Crippen LogP contribution in [0.1, 0.15) is 47.5 Å². The fourth-order valence-corrected chi connectivity index (χ4v) is 2.56. The Bertz CT molecular complexity index is 258. The molecule has 0 aliphatic rings. The third-order valence-electron chi connectivity index (χ3n) is 3.10. The van der Waals surface area contributed by atoms with Gasteiger partial charge in [0.15, 0.2) is 0 Å². The van der Waals surface area contributed by atoms with Crippen molar-refractivity contribution in [3.8, 4) is 0 Å². The SMILES string of the molecule is [B]C(CCOP(O)OC(C)[C@H](C)OC)O[C@@H](C)CC(C)C. The van der Waals surface area contributed by atoms with E-state index in [0.717, 1.165) is 6.42 Å². The van der Waals surface area contributed by atoms with E-state index in [2.05, 4.69) is 13.8 Å². The molecule has 0 fully saturated rings. The highest BCUT2D eigenvalue weighted by atomic mass is 31.2. The Morgan fingerprint density at radius 1 is 1.10 bits per heavy atom. The second-order valence-corrected chi connectivity index (χ2v) is 6.67. The molecular formula is C14H30BO5P. The molecule has 0 aromatic rings. The summed E-state index contributed by atoms with van der Waals surface area (Å²) in [6.07, 6.45) is 1.26. The van der Waals surface area contributed by atoms with Crippen molar-refractivity contribution < 1.29 is 23.4 Å². The van der Waals surface area contributed by atoms with Gasteiger partial charge in [-0.15, -0.1) is 0 Å². The zero-order chi connectivity index (χ0) is 16.4. The standard InChI is InChI=1S/C14H30BO5P/c1-10(2)9-11(3)19-14(15)7-8-18-21(16)20-13(5)12(4)17-6/h10-14,16H,7-9H2,1-6H3/t11-,12-,13?,14?,21?/m0/s1. The molecule has 3 unspecified atom stereocenters. The van der Waals surface area contributed by atoms with Crippen molar-refractivity contribution in [2.75, 3.05) is 13.7 Å². The quantitative estimate of drug-likeness (QED) is 0.442. The van der Waals surface area contributed by atoms with Crippen LogP contribution >= 0.6 is 8.60 Å². The van der Waals surface area contributed by atoms with Crippen molar-refractivity contribution in [3.05, 3.63) is 0 Å². The van der Waals surface area contributed by atoms with Crippen molar-refractivity contribution >= 4 is 16.4 Å². The molecule has 5 atom stereocenters. The molecule has 0 heterocycles. The molecule has 0 aromatic carbocycles. The molecule has 0 aliphatic heterocycles. The monoisotopic (exact) mass is 320 g/mol. The van der Waals surface area contributed by atoms with Gasteiger partial charge in [-0.1, -0.05) is 13.8 Å². The molecule has 5 nitrogen and oxygen atoms in total. The summed E-state index contributed by atoms with van der Waals surface area (Å²) in [6.45, 7) is 10.3. The number of ether oxygens (including phenoxy) is 2. The average Bonchev–Trinajstić information content (AvgIpc) is 2.36. The van der Waals surface area contributed by atoms with Crippen LogP contribution in [-0.2, 0) is 18.5 Å². The minimum absolute atomic E-state index is 0.103. The Balaban J connectivity index is 3.77. The van der Waals surface area contributed by atoms with Crippen LogP contribution in [0.4, 0.5) is 0 Å². The summed E-state index contributed by atoms with van der Waals surface area (Å²) in [5.41, 5.74) is 0. The Morgan fingerprint density at radius 2 is 1.71 bits per heavy atom. The lowest BCUT2D eigenvalue weighted by Gasteiger charge is -2.23. The first kappa shape index (κ1) is 21.3. The maximum Gasteiger partial charge on any atom is 0.330 e. The third-order valence-corrected chi connectivity index (χ3v) is 4.02. The van der Waals surface area contributed by atoms with E-state index in [0.29, 0.717) is 18.9 Å². The first-order valence-electron chi connectivity index (χ1n) is 7.48. The molecule has 1 N–H and O–H groups in total. The molecule has 0 saturated heterocycles. The van der Waals surface area contributed by atoms with Gasteiger partial charge >= 0.3 is 8.60 Å². The van der Waals surface area contributed by atoms with Crippen LogP contribution in [0.5, 0.6) is 0 Å². The van der Waals surface area contributed by atoms with E-state index in [1.54, 1.807) is 7.11 Å². The van der Waals surface area contributed by atoms with Crippen LogP contribution in [-0.4, -0.2) is 50.8 Å². The Labute approximate surface area is 132 Å². The van der Waals surface area contributed by atoms with Crippen LogP contribution in [0.15, 0.2) is 0 Å². The average molecular weight is 320 g/mol. The lowest BCUT2D eigenvalue weighted by Crippen LogP contribution is -2.24. The summed E-state index contributed by atoms with van der Waals surface area (Å²) >= 11 is 0. The highest BCUT2D eigenvalue weighted by Crippen LogP contribution is 2.35. The van der Waals surface area contributed by atoms with Gasteiger partial charge in [0.2, 0.25) is 0 Å². The molecule has 21 heavy (non-hydrogen) atoms. The second kappa shape index (κ2) is 11.8. The molecule has 124 valence electrons. The summed E-state index contributed by atoms with van der Waals surface area (Å²) in [4.78, 5) is 9.66. The largest absolute Gasteiger partial charge is 0.385 e. The van der Waals surface area contributed by atoms with Crippen molar-refractivity contribution in [3.63, 3.8) is 0 Å². The minimum Gasteiger partial charge on any atom is -0.385 e. The zero-order valence-corrected chi connectivity index (χ0v) is 15.0. The van der Waals surface area contributed by atoms with Gasteiger partial charge < -0.3 is 23.4 Å². The number of hydrogen-bond acceptors (Lipinski definition) is 5. The zero-order valence-electron chi connectivity index (χ0n) is 14.1. The smallest absolute Gasteiger partial charge is 0.330 e. The number of methoxy groups -OCH3 is 1. The van der Waals surface area contributed by atoms with Gasteiger partial charge in [0.05, 0.1) is 24.9 Å². The van der Waals surface area contributed by atoms with E-state index in [1.165, 1.54) is 0 Å². The van der Waals surface area contributed by atoms with Crippen LogP contribution in [0, 0.1) is 5.92 Å². The van der Waals surface area contributed by atoms with Crippen molar-refractivity contribution in [2.45, 2.75) is 71.8 Å². The highest BCUT2D eigenvalue weighted by molar-refractivity contribution is 7.40. The van der Waals surface area contributed by atoms with E-state index < -0.39 is 14.6 Å². The molecule has 0 bridgehead atoms. The molecule has 0 saturated carbocycles. The van der Waals surface area contributed by atoms with Crippen molar-refractivity contribution in [1.82, 2.24) is 0 Å². The first-order chi connectivity index (χ1) is 9.76. The Hall–Kier alpha value is 0.295. The first-order valence-corrected chi connectivity index (χ1v) is 8.61. The van der Waals surface area contributed by atoms with Crippen LogP contribution in [0.3, 0.4) is 0 Å². The van der Waals surface area contributed by atoms with Gasteiger partial charge in [-0.3, -0.25) is 0 Å². The molecule has 2 radical (unpaired) electrons. The lowest BCUT2D eigenvalue weighted by molar-refractivity contribution is 0.00666. The topological polar surface area (TPSA) is 57.2 Å². The Kier molecular flexibility index (Phi) is 12.0. The highest BCUT2D eigenvalue weighted by Gasteiger charge is 2.18. The normalized spacial score (nSPS) is 19.2.